The molecular weight excluding hydrogens is 416 g/mol. The third kappa shape index (κ3) is 3.58. The lowest BCUT2D eigenvalue weighted by molar-refractivity contribution is 0.0696. The third-order valence-corrected chi connectivity index (χ3v) is 7.40. The zero-order valence-electron chi connectivity index (χ0n) is 15.2. The molecule has 0 spiro atoms. The van der Waals surface area contributed by atoms with E-state index in [1.165, 1.54) is 17.0 Å². The fourth-order valence-corrected chi connectivity index (χ4v) is 5.21. The number of benzene rings is 2. The van der Waals surface area contributed by atoms with Crippen molar-refractivity contribution in [2.24, 2.45) is 0 Å². The van der Waals surface area contributed by atoms with Crippen LogP contribution in [0, 0.1) is 0 Å². The van der Waals surface area contributed by atoms with Gasteiger partial charge in [0.15, 0.2) is 0 Å². The van der Waals surface area contributed by atoms with E-state index in [4.69, 9.17) is 0 Å². The highest BCUT2D eigenvalue weighted by Gasteiger charge is 2.33. The second-order valence-electron chi connectivity index (χ2n) is 6.69. The summed E-state index contributed by atoms with van der Waals surface area (Å²) in [5.41, 5.74) is 2.33. The normalized spacial score (nSPS) is 16.7. The number of alkyl halides is 2. The number of hydrogen-bond acceptors (Lipinski definition) is 4. The maximum atomic E-state index is 13.2. The zero-order valence-corrected chi connectivity index (χ0v) is 16.8. The van der Waals surface area contributed by atoms with Crippen molar-refractivity contribution in [2.75, 3.05) is 6.54 Å². The first-order valence-electron chi connectivity index (χ1n) is 8.94. The topological polar surface area (TPSA) is 54.5 Å². The molecule has 0 bridgehead atoms. The van der Waals surface area contributed by atoms with Gasteiger partial charge in [0, 0.05) is 17.0 Å². The van der Waals surface area contributed by atoms with Crippen LogP contribution in [0.2, 0.25) is 0 Å². The number of carbonyl (C=O) groups excluding carboxylic acids is 1. The molecule has 150 valence electrons. The van der Waals surface area contributed by atoms with Crippen LogP contribution in [0.4, 0.5) is 8.78 Å². The average molecular weight is 434 g/mol. The first-order valence-corrected chi connectivity index (χ1v) is 11.4. The quantitative estimate of drug-likeness (QED) is 0.607. The molecule has 2 aromatic carbocycles. The minimum absolute atomic E-state index is 0.247. The molecule has 0 fully saturated rings. The number of thiophene rings is 1. The fourth-order valence-electron chi connectivity index (χ4n) is 3.59. The minimum Gasteiger partial charge on any atom is -0.327 e. The predicted octanol–water partition coefficient (Wildman–Crippen LogP) is 4.53. The Morgan fingerprint density at radius 1 is 1.03 bits per heavy atom. The zero-order chi connectivity index (χ0) is 20.6. The van der Waals surface area contributed by atoms with E-state index in [9.17, 15) is 22.0 Å². The Hall–Kier alpha value is -2.58. The molecule has 1 aliphatic rings. The fraction of sp³-hybridized carbons (Fsp3) is 0.190. The summed E-state index contributed by atoms with van der Waals surface area (Å²) in [6, 6.07) is 16.2. The Morgan fingerprint density at radius 3 is 2.38 bits per heavy atom. The molecule has 2 heterocycles. The Bertz CT molecular complexity index is 1130. The van der Waals surface area contributed by atoms with Crippen LogP contribution in [0.25, 0.3) is 0 Å². The van der Waals surface area contributed by atoms with E-state index in [0.717, 1.165) is 29.7 Å². The van der Waals surface area contributed by atoms with Gasteiger partial charge in [-0.3, -0.25) is 4.79 Å². The molecule has 0 unspecified atom stereocenters. The molecule has 8 heteroatoms. The number of hydrogen-bond donors (Lipinski definition) is 0. The monoisotopic (exact) mass is 433 g/mol. The Labute approximate surface area is 171 Å². The van der Waals surface area contributed by atoms with Crippen molar-refractivity contribution in [2.45, 2.75) is 23.1 Å². The smallest absolute Gasteiger partial charge is 0.327 e. The number of rotatable bonds is 4. The molecule has 1 aliphatic heterocycles. The van der Waals surface area contributed by atoms with E-state index in [2.05, 4.69) is 0 Å². The molecule has 1 amide bonds. The highest BCUT2D eigenvalue weighted by atomic mass is 32.2. The largest absolute Gasteiger partial charge is 0.341 e. The number of fused-ring (bicyclic) bond motifs is 1. The van der Waals surface area contributed by atoms with Gasteiger partial charge in [0.05, 0.1) is 10.9 Å². The summed E-state index contributed by atoms with van der Waals surface area (Å²) in [6.07, 6.45) is 0.736. The summed E-state index contributed by atoms with van der Waals surface area (Å²) in [7, 11) is -4.69. The Kier molecular flexibility index (Phi) is 5.23. The van der Waals surface area contributed by atoms with Crippen molar-refractivity contribution in [3.05, 3.63) is 87.6 Å². The van der Waals surface area contributed by atoms with Crippen LogP contribution >= 0.6 is 11.3 Å². The van der Waals surface area contributed by atoms with Crippen LogP contribution in [0.15, 0.2) is 70.9 Å². The lowest BCUT2D eigenvalue weighted by Crippen LogP contribution is -2.40. The number of nitrogens with zero attached hydrogens (tertiary/aromatic N) is 1. The molecule has 0 N–H and O–H groups in total. The van der Waals surface area contributed by atoms with Crippen LogP contribution in [0.3, 0.4) is 0 Å². The molecule has 0 saturated heterocycles. The van der Waals surface area contributed by atoms with Crippen molar-refractivity contribution in [3.8, 4) is 0 Å². The van der Waals surface area contributed by atoms with Crippen molar-refractivity contribution in [1.82, 2.24) is 4.90 Å². The van der Waals surface area contributed by atoms with E-state index in [0.29, 0.717) is 6.54 Å². The number of sulfone groups is 1. The summed E-state index contributed by atoms with van der Waals surface area (Å²) in [5.74, 6) is -3.76. The number of halogens is 2. The van der Waals surface area contributed by atoms with Crippen molar-refractivity contribution < 1.29 is 22.0 Å². The minimum atomic E-state index is -4.69. The summed E-state index contributed by atoms with van der Waals surface area (Å²) in [5, 5.41) is 2.01. The first-order chi connectivity index (χ1) is 13.9. The SMILES string of the molecule is O=C(c1ccc(S(=O)(=O)C(F)F)cc1)N1CCc2sccc2[C@@H]1c1ccccc1. The molecule has 0 aliphatic carbocycles. The van der Waals surface area contributed by atoms with Gasteiger partial charge in [0.1, 0.15) is 0 Å². The maximum absolute atomic E-state index is 13.2. The van der Waals surface area contributed by atoms with Crippen LogP contribution in [0.5, 0.6) is 0 Å². The second kappa shape index (κ2) is 7.68. The number of carbonyl (C=O) groups is 1. The third-order valence-electron chi connectivity index (χ3n) is 5.01. The molecule has 3 aromatic rings. The Balaban J connectivity index is 1.69. The Morgan fingerprint density at radius 2 is 1.72 bits per heavy atom. The molecule has 0 radical (unpaired) electrons. The van der Waals surface area contributed by atoms with Gasteiger partial charge in [0.25, 0.3) is 5.91 Å². The summed E-state index contributed by atoms with van der Waals surface area (Å²) in [6.45, 7) is 0.517. The maximum Gasteiger partial charge on any atom is 0.341 e. The van der Waals surface area contributed by atoms with Crippen molar-refractivity contribution in [1.29, 1.82) is 0 Å². The van der Waals surface area contributed by atoms with Crippen molar-refractivity contribution >= 4 is 27.1 Å². The standard InChI is InChI=1S/C21H17F2NO3S2/c22-21(23)29(26,27)16-8-6-15(7-9-16)20(25)24-12-10-18-17(11-13-28-18)19(24)14-4-2-1-3-5-14/h1-9,11,13,19,21H,10,12H2/t19-/m0/s1. The van der Waals surface area contributed by atoms with E-state index < -0.39 is 20.5 Å². The highest BCUT2D eigenvalue weighted by molar-refractivity contribution is 7.91. The summed E-state index contributed by atoms with van der Waals surface area (Å²) < 4.78 is 48.7. The highest BCUT2D eigenvalue weighted by Crippen LogP contribution is 2.38. The molecule has 1 aromatic heterocycles. The van der Waals surface area contributed by atoms with Gasteiger partial charge >= 0.3 is 5.76 Å². The van der Waals surface area contributed by atoms with Crippen LogP contribution in [0.1, 0.15) is 32.4 Å². The summed E-state index contributed by atoms with van der Waals surface area (Å²) >= 11 is 1.67. The van der Waals surface area contributed by atoms with E-state index in [1.54, 1.807) is 16.2 Å². The van der Waals surface area contributed by atoms with Crippen LogP contribution in [-0.2, 0) is 16.3 Å². The molecule has 4 rings (SSSR count). The lowest BCUT2D eigenvalue weighted by atomic mass is 9.92. The van der Waals surface area contributed by atoms with Gasteiger partial charge in [-0.25, -0.2) is 8.42 Å². The summed E-state index contributed by atoms with van der Waals surface area (Å²) in [4.78, 5) is 15.7. The van der Waals surface area contributed by atoms with Gasteiger partial charge in [-0.15, -0.1) is 11.3 Å². The molecule has 4 nitrogen and oxygen atoms in total. The van der Waals surface area contributed by atoms with Crippen LogP contribution in [-0.4, -0.2) is 31.5 Å². The second-order valence-corrected chi connectivity index (χ2v) is 9.61. The average Bonchev–Trinajstić information content (AvgIpc) is 3.22. The van der Waals surface area contributed by atoms with Gasteiger partial charge in [-0.05, 0) is 53.3 Å². The van der Waals surface area contributed by atoms with Gasteiger partial charge in [-0.2, -0.15) is 8.78 Å². The predicted molar refractivity (Wildman–Crippen MR) is 107 cm³/mol. The van der Waals surface area contributed by atoms with E-state index in [-0.39, 0.29) is 17.5 Å². The van der Waals surface area contributed by atoms with Crippen molar-refractivity contribution in [3.63, 3.8) is 0 Å². The lowest BCUT2D eigenvalue weighted by Gasteiger charge is -2.36. The molecule has 29 heavy (non-hydrogen) atoms. The van der Waals surface area contributed by atoms with E-state index >= 15 is 0 Å². The molecule has 1 atom stereocenters. The van der Waals surface area contributed by atoms with E-state index in [1.807, 2.05) is 41.8 Å². The molecular formula is C21H17F2NO3S2. The molecule has 0 saturated carbocycles. The number of amides is 1. The van der Waals surface area contributed by atoms with Gasteiger partial charge < -0.3 is 4.90 Å². The van der Waals surface area contributed by atoms with Gasteiger partial charge in [0.2, 0.25) is 9.84 Å². The first kappa shape index (κ1) is 19.7. The van der Waals surface area contributed by atoms with Gasteiger partial charge in [-0.1, -0.05) is 30.3 Å². The van der Waals surface area contributed by atoms with Crippen LogP contribution < -0.4 is 0 Å².